The molecular weight excluding hydrogens is 482 g/mol. The summed E-state index contributed by atoms with van der Waals surface area (Å²) >= 11 is 0. The Bertz CT molecular complexity index is 933. The van der Waals surface area contributed by atoms with E-state index in [4.69, 9.17) is 22.3 Å². The second-order valence-corrected chi connectivity index (χ2v) is 7.64. The number of amides is 3. The number of carboxylic acids is 2. The normalized spacial score (nSPS) is 13.9. The van der Waals surface area contributed by atoms with E-state index in [9.17, 15) is 34.2 Å². The average molecular weight is 514 g/mol. The van der Waals surface area contributed by atoms with Crippen LogP contribution in [0.3, 0.4) is 0 Å². The van der Waals surface area contributed by atoms with Crippen molar-refractivity contribution in [3.8, 4) is 0 Å². The first-order valence-corrected chi connectivity index (χ1v) is 10.7. The standard InChI is InChI=1S/C19H31N9O8/c20-10(4-9-6-23-8-25-9)15(32)28-13(7-29)17(34)27-12(5-14(30)31)16(33)26-11(18(35)36)2-1-3-24-19(21)22/h6,8,10-13,29H,1-5,7,20H2,(H,23,25)(H,26,33)(H,27,34)(H,28,32)(H,30,31)(H,35,36)(H4,21,22,24). The third-order valence-electron chi connectivity index (χ3n) is 4.72. The molecule has 0 radical (unpaired) electrons. The summed E-state index contributed by atoms with van der Waals surface area (Å²) in [5, 5.41) is 34.5. The average Bonchev–Trinajstić information content (AvgIpc) is 3.30. The number of guanidine groups is 1. The van der Waals surface area contributed by atoms with Crippen LogP contribution in [0, 0.1) is 0 Å². The first kappa shape index (κ1) is 29.8. The number of nitrogens with zero attached hydrogens (tertiary/aromatic N) is 2. The smallest absolute Gasteiger partial charge is 0.326 e. The van der Waals surface area contributed by atoms with Crippen molar-refractivity contribution in [2.45, 2.75) is 49.9 Å². The number of hydrogen-bond acceptors (Lipinski definition) is 9. The zero-order valence-corrected chi connectivity index (χ0v) is 19.2. The highest BCUT2D eigenvalue weighted by molar-refractivity contribution is 5.95. The summed E-state index contributed by atoms with van der Waals surface area (Å²) in [7, 11) is 0. The fraction of sp³-hybridized carbons (Fsp3) is 0.526. The van der Waals surface area contributed by atoms with Gasteiger partial charge in [-0.15, -0.1) is 0 Å². The first-order chi connectivity index (χ1) is 16.9. The molecule has 13 N–H and O–H groups in total. The Morgan fingerprint density at radius 1 is 1.00 bits per heavy atom. The van der Waals surface area contributed by atoms with Crippen LogP contribution in [-0.4, -0.2) is 98.2 Å². The van der Waals surface area contributed by atoms with Gasteiger partial charge in [0, 0.05) is 24.9 Å². The van der Waals surface area contributed by atoms with Crippen molar-refractivity contribution in [2.24, 2.45) is 22.2 Å². The number of imidazole rings is 1. The zero-order valence-electron chi connectivity index (χ0n) is 19.2. The summed E-state index contributed by atoms with van der Waals surface area (Å²) in [6, 6.07) is -5.81. The number of aliphatic hydroxyl groups excluding tert-OH is 1. The molecule has 1 aromatic rings. The number of H-pyrrole nitrogens is 1. The second-order valence-electron chi connectivity index (χ2n) is 7.64. The van der Waals surface area contributed by atoms with Crippen LogP contribution in [0.25, 0.3) is 0 Å². The molecular formula is C19H31N9O8. The lowest BCUT2D eigenvalue weighted by Crippen LogP contribution is -2.58. The van der Waals surface area contributed by atoms with Crippen molar-refractivity contribution < 1.29 is 39.3 Å². The Labute approximate surface area is 204 Å². The largest absolute Gasteiger partial charge is 0.481 e. The molecule has 4 atom stereocenters. The van der Waals surface area contributed by atoms with Gasteiger partial charge >= 0.3 is 11.9 Å². The number of nitrogens with one attached hydrogen (secondary N) is 4. The third-order valence-corrected chi connectivity index (χ3v) is 4.72. The summed E-state index contributed by atoms with van der Waals surface area (Å²) in [6.07, 6.45) is 2.08. The number of aromatic amines is 1. The third kappa shape index (κ3) is 10.8. The van der Waals surface area contributed by atoms with Crippen molar-refractivity contribution in [3.05, 3.63) is 18.2 Å². The number of nitrogens with two attached hydrogens (primary N) is 3. The molecule has 0 aromatic carbocycles. The van der Waals surface area contributed by atoms with Gasteiger partial charge in [0.25, 0.3) is 0 Å². The minimum Gasteiger partial charge on any atom is -0.481 e. The van der Waals surface area contributed by atoms with E-state index in [1.807, 2.05) is 0 Å². The van der Waals surface area contributed by atoms with Gasteiger partial charge in [-0.05, 0) is 12.8 Å². The van der Waals surface area contributed by atoms with Crippen molar-refractivity contribution in [1.29, 1.82) is 0 Å². The lowest BCUT2D eigenvalue weighted by molar-refractivity contribution is -0.143. The monoisotopic (exact) mass is 513 g/mol. The van der Waals surface area contributed by atoms with E-state index in [2.05, 4.69) is 30.9 Å². The molecule has 17 heteroatoms. The summed E-state index contributed by atoms with van der Waals surface area (Å²) in [6.45, 7) is -0.796. The van der Waals surface area contributed by atoms with E-state index < -0.39 is 66.9 Å². The lowest BCUT2D eigenvalue weighted by Gasteiger charge is -2.23. The number of rotatable bonds is 16. The van der Waals surface area contributed by atoms with Gasteiger partial charge in [-0.25, -0.2) is 9.78 Å². The molecule has 200 valence electrons. The minimum absolute atomic E-state index is 0.0510. The summed E-state index contributed by atoms with van der Waals surface area (Å²) in [4.78, 5) is 70.4. The molecule has 1 rings (SSSR count). The number of hydrogen-bond donors (Lipinski definition) is 10. The Balaban J connectivity index is 2.80. The van der Waals surface area contributed by atoms with Gasteiger partial charge in [0.2, 0.25) is 17.7 Å². The molecule has 1 heterocycles. The molecule has 0 aliphatic heterocycles. The van der Waals surface area contributed by atoms with E-state index in [0.29, 0.717) is 5.69 Å². The minimum atomic E-state index is -1.71. The quantitative estimate of drug-likeness (QED) is 0.0566. The number of aromatic nitrogens is 2. The van der Waals surface area contributed by atoms with Crippen molar-refractivity contribution in [3.63, 3.8) is 0 Å². The maximum absolute atomic E-state index is 12.6. The number of carbonyl (C=O) groups excluding carboxylic acids is 3. The zero-order chi connectivity index (χ0) is 27.3. The van der Waals surface area contributed by atoms with Crippen molar-refractivity contribution in [1.82, 2.24) is 25.9 Å². The van der Waals surface area contributed by atoms with Crippen molar-refractivity contribution in [2.75, 3.05) is 13.2 Å². The predicted molar refractivity (Wildman–Crippen MR) is 123 cm³/mol. The fourth-order valence-electron chi connectivity index (χ4n) is 2.89. The van der Waals surface area contributed by atoms with Crippen LogP contribution in [0.15, 0.2) is 17.5 Å². The number of aliphatic carboxylic acids is 2. The van der Waals surface area contributed by atoms with Gasteiger partial charge in [-0.3, -0.25) is 24.2 Å². The number of carboxylic acid groups (broad SMARTS) is 2. The predicted octanol–water partition coefficient (Wildman–Crippen LogP) is -4.66. The van der Waals surface area contributed by atoms with E-state index in [0.717, 1.165) is 0 Å². The molecule has 0 aliphatic rings. The molecule has 0 saturated heterocycles. The molecule has 0 saturated carbocycles. The summed E-state index contributed by atoms with van der Waals surface area (Å²) in [5.41, 5.74) is 16.7. The van der Waals surface area contributed by atoms with Gasteiger partial charge in [-0.1, -0.05) is 0 Å². The van der Waals surface area contributed by atoms with Crippen LogP contribution < -0.4 is 33.2 Å². The van der Waals surface area contributed by atoms with Crippen LogP contribution in [-0.2, 0) is 30.4 Å². The Hall–Kier alpha value is -4.25. The fourth-order valence-corrected chi connectivity index (χ4v) is 2.89. The molecule has 0 spiro atoms. The lowest BCUT2D eigenvalue weighted by atomic mass is 10.1. The number of aliphatic imine (C=N–C) groups is 1. The highest BCUT2D eigenvalue weighted by atomic mass is 16.4. The Morgan fingerprint density at radius 2 is 1.61 bits per heavy atom. The summed E-state index contributed by atoms with van der Waals surface area (Å²) < 4.78 is 0. The number of aliphatic hydroxyl groups is 1. The SMILES string of the molecule is NC(N)=NCCCC(NC(=O)C(CC(=O)O)NC(=O)C(CO)NC(=O)C(N)Cc1cnc[nH]1)C(=O)O. The molecule has 4 unspecified atom stereocenters. The van der Waals surface area contributed by atoms with Gasteiger partial charge in [0.05, 0.1) is 25.4 Å². The van der Waals surface area contributed by atoms with Gasteiger partial charge in [-0.2, -0.15) is 0 Å². The second kappa shape index (κ2) is 14.9. The van der Waals surface area contributed by atoms with Crippen LogP contribution >= 0.6 is 0 Å². The first-order valence-electron chi connectivity index (χ1n) is 10.7. The number of carbonyl (C=O) groups is 5. The molecule has 17 nitrogen and oxygen atoms in total. The van der Waals surface area contributed by atoms with Crippen LogP contribution in [0.5, 0.6) is 0 Å². The topological polar surface area (TPSA) is 301 Å². The maximum atomic E-state index is 12.6. The highest BCUT2D eigenvalue weighted by Gasteiger charge is 2.31. The summed E-state index contributed by atoms with van der Waals surface area (Å²) in [5.74, 6) is -6.05. The molecule has 0 aliphatic carbocycles. The van der Waals surface area contributed by atoms with E-state index in [1.165, 1.54) is 12.5 Å². The molecule has 0 bridgehead atoms. The molecule has 1 aromatic heterocycles. The highest BCUT2D eigenvalue weighted by Crippen LogP contribution is 2.03. The maximum Gasteiger partial charge on any atom is 0.326 e. The molecule has 0 fully saturated rings. The Morgan fingerprint density at radius 3 is 2.14 bits per heavy atom. The van der Waals surface area contributed by atoms with Crippen LogP contribution in [0.2, 0.25) is 0 Å². The van der Waals surface area contributed by atoms with E-state index in [1.54, 1.807) is 0 Å². The van der Waals surface area contributed by atoms with E-state index in [-0.39, 0.29) is 31.8 Å². The molecule has 3 amide bonds. The Kier molecular flexibility index (Phi) is 12.3. The van der Waals surface area contributed by atoms with Crippen LogP contribution in [0.4, 0.5) is 0 Å². The van der Waals surface area contributed by atoms with Gasteiger partial charge in [0.1, 0.15) is 18.1 Å². The molecule has 36 heavy (non-hydrogen) atoms. The van der Waals surface area contributed by atoms with E-state index >= 15 is 0 Å². The van der Waals surface area contributed by atoms with Gasteiger partial charge in [0.15, 0.2) is 5.96 Å². The van der Waals surface area contributed by atoms with Crippen LogP contribution in [0.1, 0.15) is 25.0 Å². The van der Waals surface area contributed by atoms with Crippen molar-refractivity contribution >= 4 is 35.6 Å². The van der Waals surface area contributed by atoms with Gasteiger partial charge < -0.3 is 53.5 Å².